The van der Waals surface area contributed by atoms with Gasteiger partial charge in [-0.1, -0.05) is 19.9 Å². The van der Waals surface area contributed by atoms with E-state index in [4.69, 9.17) is 15.2 Å². The minimum Gasteiger partial charge on any atom is -0.493 e. The van der Waals surface area contributed by atoms with Gasteiger partial charge in [0.25, 0.3) is 0 Å². The molecule has 1 amide bonds. The molecule has 0 aromatic heterocycles. The quantitative estimate of drug-likeness (QED) is 0.684. The lowest BCUT2D eigenvalue weighted by molar-refractivity contribution is -0.121. The minimum absolute atomic E-state index is 0. The Labute approximate surface area is 145 Å². The van der Waals surface area contributed by atoms with Gasteiger partial charge in [-0.05, 0) is 43.0 Å². The Kier molecular flexibility index (Phi) is 11.3. The molecule has 1 aromatic rings. The van der Waals surface area contributed by atoms with Crippen LogP contribution in [0.25, 0.3) is 0 Å². The molecule has 0 spiro atoms. The minimum atomic E-state index is 0. The van der Waals surface area contributed by atoms with Gasteiger partial charge in [-0.15, -0.1) is 12.4 Å². The summed E-state index contributed by atoms with van der Waals surface area (Å²) in [4.78, 5) is 11.6. The van der Waals surface area contributed by atoms with Crippen LogP contribution >= 0.6 is 12.4 Å². The number of carbonyl (C=O) groups excluding carboxylic acids is 1. The average molecular weight is 345 g/mol. The summed E-state index contributed by atoms with van der Waals surface area (Å²) >= 11 is 0. The molecule has 0 saturated heterocycles. The SMILES string of the molecule is COc1cc(CNC(=O)CCCN)ccc1OCCC(C)C.Cl. The molecule has 6 heteroatoms. The number of amides is 1. The molecule has 0 aliphatic rings. The molecule has 1 aromatic carbocycles. The molecule has 0 saturated carbocycles. The smallest absolute Gasteiger partial charge is 0.220 e. The highest BCUT2D eigenvalue weighted by Gasteiger charge is 2.07. The monoisotopic (exact) mass is 344 g/mol. The number of methoxy groups -OCH3 is 1. The van der Waals surface area contributed by atoms with Crippen LogP contribution in [0.4, 0.5) is 0 Å². The van der Waals surface area contributed by atoms with E-state index in [0.717, 1.165) is 17.7 Å². The second-order valence-corrected chi connectivity index (χ2v) is 5.69. The number of hydrogen-bond donors (Lipinski definition) is 2. The average Bonchev–Trinajstić information content (AvgIpc) is 2.51. The van der Waals surface area contributed by atoms with E-state index in [0.29, 0.717) is 44.2 Å². The van der Waals surface area contributed by atoms with Gasteiger partial charge in [0.2, 0.25) is 5.91 Å². The summed E-state index contributed by atoms with van der Waals surface area (Å²) in [6, 6.07) is 5.73. The molecule has 0 heterocycles. The molecular weight excluding hydrogens is 316 g/mol. The van der Waals surface area contributed by atoms with Gasteiger partial charge >= 0.3 is 0 Å². The number of ether oxygens (including phenoxy) is 2. The summed E-state index contributed by atoms with van der Waals surface area (Å²) in [7, 11) is 1.62. The lowest BCUT2D eigenvalue weighted by atomic mass is 10.1. The van der Waals surface area contributed by atoms with Gasteiger partial charge in [0, 0.05) is 13.0 Å². The summed E-state index contributed by atoms with van der Waals surface area (Å²) in [6.07, 6.45) is 2.17. The standard InChI is InChI=1S/C17H28N2O3.ClH/c1-13(2)8-10-22-15-7-6-14(11-16(15)21-3)12-19-17(20)5-4-9-18;/h6-7,11,13H,4-5,8-10,12,18H2,1-3H3,(H,19,20);1H. The van der Waals surface area contributed by atoms with E-state index in [1.807, 2.05) is 18.2 Å². The molecule has 5 nitrogen and oxygen atoms in total. The molecule has 132 valence electrons. The van der Waals surface area contributed by atoms with Crippen molar-refractivity contribution in [2.24, 2.45) is 11.7 Å². The van der Waals surface area contributed by atoms with Crippen LogP contribution in [0.15, 0.2) is 18.2 Å². The second-order valence-electron chi connectivity index (χ2n) is 5.69. The third kappa shape index (κ3) is 8.67. The van der Waals surface area contributed by atoms with Crippen molar-refractivity contribution in [2.75, 3.05) is 20.3 Å². The van der Waals surface area contributed by atoms with Gasteiger partial charge in [-0.3, -0.25) is 4.79 Å². The number of benzene rings is 1. The predicted molar refractivity (Wildman–Crippen MR) is 95.3 cm³/mol. The van der Waals surface area contributed by atoms with E-state index in [9.17, 15) is 4.79 Å². The van der Waals surface area contributed by atoms with E-state index < -0.39 is 0 Å². The largest absolute Gasteiger partial charge is 0.493 e. The van der Waals surface area contributed by atoms with Crippen LogP contribution in [0, 0.1) is 5.92 Å². The zero-order chi connectivity index (χ0) is 16.4. The Hall–Kier alpha value is -1.46. The zero-order valence-electron chi connectivity index (χ0n) is 14.3. The molecule has 0 unspecified atom stereocenters. The van der Waals surface area contributed by atoms with Crippen LogP contribution in [0.3, 0.4) is 0 Å². The third-order valence-corrected chi connectivity index (χ3v) is 3.28. The van der Waals surface area contributed by atoms with Crippen molar-refractivity contribution in [1.29, 1.82) is 0 Å². The molecular formula is C17H29ClN2O3. The number of rotatable bonds is 10. The van der Waals surface area contributed by atoms with E-state index in [1.54, 1.807) is 7.11 Å². The molecule has 0 fully saturated rings. The van der Waals surface area contributed by atoms with Crippen molar-refractivity contribution in [3.8, 4) is 11.5 Å². The lowest BCUT2D eigenvalue weighted by Gasteiger charge is -2.13. The Bertz CT molecular complexity index is 467. The Balaban J connectivity index is 0.00000484. The fourth-order valence-electron chi connectivity index (χ4n) is 1.90. The van der Waals surface area contributed by atoms with Crippen molar-refractivity contribution < 1.29 is 14.3 Å². The summed E-state index contributed by atoms with van der Waals surface area (Å²) in [5.74, 6) is 2.05. The fraction of sp³-hybridized carbons (Fsp3) is 0.588. The highest BCUT2D eigenvalue weighted by molar-refractivity contribution is 5.85. The van der Waals surface area contributed by atoms with Crippen molar-refractivity contribution in [2.45, 2.75) is 39.7 Å². The Morgan fingerprint density at radius 2 is 2.04 bits per heavy atom. The first-order chi connectivity index (χ1) is 10.6. The Morgan fingerprint density at radius 3 is 2.65 bits per heavy atom. The van der Waals surface area contributed by atoms with E-state index >= 15 is 0 Å². The van der Waals surface area contributed by atoms with Crippen LogP contribution in [0.2, 0.25) is 0 Å². The van der Waals surface area contributed by atoms with Crippen LogP contribution in [-0.4, -0.2) is 26.2 Å². The molecule has 0 bridgehead atoms. The molecule has 0 aliphatic heterocycles. The first kappa shape index (κ1) is 21.5. The van der Waals surface area contributed by atoms with Crippen molar-refractivity contribution in [3.63, 3.8) is 0 Å². The molecule has 0 atom stereocenters. The molecule has 3 N–H and O–H groups in total. The second kappa shape index (κ2) is 12.0. The summed E-state index contributed by atoms with van der Waals surface area (Å²) < 4.78 is 11.1. The third-order valence-electron chi connectivity index (χ3n) is 3.28. The van der Waals surface area contributed by atoms with Crippen molar-refractivity contribution in [1.82, 2.24) is 5.32 Å². The summed E-state index contributed by atoms with van der Waals surface area (Å²) in [5, 5.41) is 2.87. The molecule has 1 rings (SSSR count). The van der Waals surface area contributed by atoms with Gasteiger partial charge in [-0.2, -0.15) is 0 Å². The molecule has 0 radical (unpaired) electrons. The first-order valence-electron chi connectivity index (χ1n) is 7.83. The normalized spacial score (nSPS) is 10.1. The topological polar surface area (TPSA) is 73.6 Å². The molecule has 0 aliphatic carbocycles. The van der Waals surface area contributed by atoms with Gasteiger partial charge in [-0.25, -0.2) is 0 Å². The van der Waals surface area contributed by atoms with Crippen LogP contribution < -0.4 is 20.5 Å². The number of nitrogens with two attached hydrogens (primary N) is 1. The maximum Gasteiger partial charge on any atom is 0.220 e. The number of nitrogens with one attached hydrogen (secondary N) is 1. The van der Waals surface area contributed by atoms with Gasteiger partial charge < -0.3 is 20.5 Å². The predicted octanol–water partition coefficient (Wildman–Crippen LogP) is 2.90. The lowest BCUT2D eigenvalue weighted by Crippen LogP contribution is -2.23. The maximum absolute atomic E-state index is 11.6. The Morgan fingerprint density at radius 1 is 1.30 bits per heavy atom. The van der Waals surface area contributed by atoms with Crippen LogP contribution in [0.1, 0.15) is 38.7 Å². The van der Waals surface area contributed by atoms with E-state index in [1.165, 1.54) is 0 Å². The van der Waals surface area contributed by atoms with Crippen LogP contribution in [-0.2, 0) is 11.3 Å². The highest BCUT2D eigenvalue weighted by atomic mass is 35.5. The maximum atomic E-state index is 11.6. The van der Waals surface area contributed by atoms with Gasteiger partial charge in [0.15, 0.2) is 11.5 Å². The summed E-state index contributed by atoms with van der Waals surface area (Å²) in [5.41, 5.74) is 6.37. The van der Waals surface area contributed by atoms with E-state index in [-0.39, 0.29) is 18.3 Å². The number of carbonyl (C=O) groups is 1. The van der Waals surface area contributed by atoms with Gasteiger partial charge in [0.05, 0.1) is 13.7 Å². The first-order valence-corrected chi connectivity index (χ1v) is 7.83. The number of hydrogen-bond acceptors (Lipinski definition) is 4. The summed E-state index contributed by atoms with van der Waals surface area (Å²) in [6.45, 7) is 6.01. The highest BCUT2D eigenvalue weighted by Crippen LogP contribution is 2.28. The van der Waals surface area contributed by atoms with Crippen LogP contribution in [0.5, 0.6) is 11.5 Å². The van der Waals surface area contributed by atoms with Crippen molar-refractivity contribution >= 4 is 18.3 Å². The zero-order valence-corrected chi connectivity index (χ0v) is 15.1. The number of halogens is 1. The van der Waals surface area contributed by atoms with Gasteiger partial charge in [0.1, 0.15) is 0 Å². The fourth-order valence-corrected chi connectivity index (χ4v) is 1.90. The van der Waals surface area contributed by atoms with Crippen molar-refractivity contribution in [3.05, 3.63) is 23.8 Å². The molecule has 23 heavy (non-hydrogen) atoms. The van der Waals surface area contributed by atoms with E-state index in [2.05, 4.69) is 19.2 Å².